The van der Waals surface area contributed by atoms with Crippen molar-refractivity contribution in [2.45, 2.75) is 51.5 Å². The summed E-state index contributed by atoms with van der Waals surface area (Å²) in [7, 11) is 0. The number of alkyl halides is 3. The standard InChI is InChI=1S/C19H23F3N2O3/c1-18(2,3)14-9-10-23-15(14)7-8-16(25)27-24-17(26)12-5-4-6-13(11-12)19(20,21)22/h4-6,9-11,16,23,25H,7-8H2,1-3H3,(H,24,26). The maximum atomic E-state index is 12.7. The fourth-order valence-corrected chi connectivity index (χ4v) is 2.66. The molecule has 27 heavy (non-hydrogen) atoms. The fraction of sp³-hybridized carbons (Fsp3) is 0.421. The molecule has 0 radical (unpaired) electrons. The fourth-order valence-electron chi connectivity index (χ4n) is 2.66. The largest absolute Gasteiger partial charge is 0.416 e. The highest BCUT2D eigenvalue weighted by atomic mass is 19.4. The van der Waals surface area contributed by atoms with Gasteiger partial charge in [-0.15, -0.1) is 0 Å². The second-order valence-electron chi connectivity index (χ2n) is 7.24. The van der Waals surface area contributed by atoms with Crippen LogP contribution in [0.2, 0.25) is 0 Å². The maximum Gasteiger partial charge on any atom is 0.416 e. The van der Waals surface area contributed by atoms with Crippen molar-refractivity contribution in [3.63, 3.8) is 0 Å². The van der Waals surface area contributed by atoms with E-state index >= 15 is 0 Å². The first-order valence-corrected chi connectivity index (χ1v) is 8.46. The van der Waals surface area contributed by atoms with Crippen molar-refractivity contribution in [3.05, 3.63) is 58.9 Å². The molecule has 0 spiro atoms. The molecule has 8 heteroatoms. The number of aliphatic hydroxyl groups excluding tert-OH is 1. The van der Waals surface area contributed by atoms with Crippen LogP contribution < -0.4 is 5.48 Å². The van der Waals surface area contributed by atoms with Gasteiger partial charge in [-0.25, -0.2) is 10.3 Å². The normalized spacial score (nSPS) is 13.4. The summed E-state index contributed by atoms with van der Waals surface area (Å²) in [4.78, 5) is 19.9. The van der Waals surface area contributed by atoms with E-state index in [9.17, 15) is 23.1 Å². The minimum Gasteiger partial charge on any atom is -0.366 e. The number of nitrogens with one attached hydrogen (secondary N) is 2. The van der Waals surface area contributed by atoms with E-state index in [2.05, 4.69) is 25.8 Å². The van der Waals surface area contributed by atoms with E-state index in [0.29, 0.717) is 6.42 Å². The molecule has 1 atom stereocenters. The Hall–Kier alpha value is -2.32. The van der Waals surface area contributed by atoms with Gasteiger partial charge in [0, 0.05) is 23.9 Å². The van der Waals surface area contributed by atoms with Gasteiger partial charge in [0.2, 0.25) is 0 Å². The molecular weight excluding hydrogens is 361 g/mol. The quantitative estimate of drug-likeness (QED) is 0.522. The van der Waals surface area contributed by atoms with Gasteiger partial charge in [0.25, 0.3) is 5.91 Å². The number of amides is 1. The molecule has 148 valence electrons. The summed E-state index contributed by atoms with van der Waals surface area (Å²) in [5, 5.41) is 9.89. The molecule has 1 heterocycles. The minimum absolute atomic E-state index is 0.0567. The zero-order valence-electron chi connectivity index (χ0n) is 15.4. The predicted molar refractivity (Wildman–Crippen MR) is 93.8 cm³/mol. The molecule has 0 aliphatic rings. The van der Waals surface area contributed by atoms with Crippen molar-refractivity contribution >= 4 is 5.91 Å². The highest BCUT2D eigenvalue weighted by Crippen LogP contribution is 2.29. The van der Waals surface area contributed by atoms with Gasteiger partial charge in [0.15, 0.2) is 6.29 Å². The average molecular weight is 384 g/mol. The molecule has 0 bridgehead atoms. The lowest BCUT2D eigenvalue weighted by Crippen LogP contribution is -2.30. The van der Waals surface area contributed by atoms with Gasteiger partial charge < -0.3 is 10.1 Å². The molecule has 0 aliphatic carbocycles. The molecule has 5 nitrogen and oxygen atoms in total. The Morgan fingerprint density at radius 1 is 1.26 bits per heavy atom. The lowest BCUT2D eigenvalue weighted by molar-refractivity contribution is -0.138. The Labute approximate surface area is 155 Å². The number of benzene rings is 1. The summed E-state index contributed by atoms with van der Waals surface area (Å²) < 4.78 is 38.1. The zero-order chi connectivity index (χ0) is 20.2. The summed E-state index contributed by atoms with van der Waals surface area (Å²) in [6, 6.07) is 5.93. The van der Waals surface area contributed by atoms with Crippen LogP contribution in [0.4, 0.5) is 13.2 Å². The smallest absolute Gasteiger partial charge is 0.366 e. The minimum atomic E-state index is -4.54. The number of hydroxylamine groups is 1. The van der Waals surface area contributed by atoms with Gasteiger partial charge in [0.1, 0.15) is 0 Å². The first kappa shape index (κ1) is 21.0. The van der Waals surface area contributed by atoms with Crippen LogP contribution in [-0.4, -0.2) is 22.3 Å². The van der Waals surface area contributed by atoms with Crippen LogP contribution in [0.3, 0.4) is 0 Å². The van der Waals surface area contributed by atoms with Gasteiger partial charge in [-0.3, -0.25) is 4.79 Å². The number of H-pyrrole nitrogens is 1. The van der Waals surface area contributed by atoms with E-state index in [4.69, 9.17) is 4.84 Å². The number of aliphatic hydroxyl groups is 1. The third kappa shape index (κ3) is 5.83. The van der Waals surface area contributed by atoms with E-state index in [-0.39, 0.29) is 17.4 Å². The van der Waals surface area contributed by atoms with Crippen LogP contribution in [0.1, 0.15) is 54.4 Å². The van der Waals surface area contributed by atoms with E-state index in [1.54, 1.807) is 0 Å². The summed E-state index contributed by atoms with van der Waals surface area (Å²) in [6.07, 6.45) is -3.33. The Morgan fingerprint density at radius 3 is 2.59 bits per heavy atom. The maximum absolute atomic E-state index is 12.7. The van der Waals surface area contributed by atoms with Crippen molar-refractivity contribution < 1.29 is 27.9 Å². The molecule has 3 N–H and O–H groups in total. The number of halogens is 3. The van der Waals surface area contributed by atoms with Crippen LogP contribution in [0, 0.1) is 0 Å². The van der Waals surface area contributed by atoms with Crippen LogP contribution in [0.5, 0.6) is 0 Å². The third-order valence-electron chi connectivity index (χ3n) is 4.02. The van der Waals surface area contributed by atoms with Crippen LogP contribution in [0.25, 0.3) is 0 Å². The Kier molecular flexibility index (Phi) is 6.33. The first-order valence-electron chi connectivity index (χ1n) is 8.46. The molecule has 1 amide bonds. The molecule has 0 aliphatic heterocycles. The second kappa shape index (κ2) is 8.14. The first-order chi connectivity index (χ1) is 12.5. The molecule has 2 rings (SSSR count). The number of carbonyl (C=O) groups excluding carboxylic acids is 1. The van der Waals surface area contributed by atoms with E-state index in [1.807, 2.05) is 17.7 Å². The Morgan fingerprint density at radius 2 is 1.96 bits per heavy atom. The highest BCUT2D eigenvalue weighted by molar-refractivity contribution is 5.93. The van der Waals surface area contributed by atoms with Crippen molar-refractivity contribution in [2.24, 2.45) is 0 Å². The zero-order valence-corrected chi connectivity index (χ0v) is 15.4. The van der Waals surface area contributed by atoms with E-state index in [1.165, 1.54) is 6.07 Å². The third-order valence-corrected chi connectivity index (χ3v) is 4.02. The number of aromatic nitrogens is 1. The molecule has 0 saturated heterocycles. The number of aromatic amines is 1. The highest BCUT2D eigenvalue weighted by Gasteiger charge is 2.31. The van der Waals surface area contributed by atoms with Crippen molar-refractivity contribution in [1.82, 2.24) is 10.5 Å². The van der Waals surface area contributed by atoms with E-state index in [0.717, 1.165) is 29.5 Å². The lowest BCUT2D eigenvalue weighted by Gasteiger charge is -2.20. The van der Waals surface area contributed by atoms with Gasteiger partial charge in [-0.1, -0.05) is 26.8 Å². The number of carbonyl (C=O) groups is 1. The van der Waals surface area contributed by atoms with Gasteiger partial charge in [-0.2, -0.15) is 13.2 Å². The van der Waals surface area contributed by atoms with Crippen molar-refractivity contribution in [2.75, 3.05) is 0 Å². The topological polar surface area (TPSA) is 74.3 Å². The molecule has 1 unspecified atom stereocenters. The number of hydrogen-bond acceptors (Lipinski definition) is 3. The Bertz CT molecular complexity index is 779. The lowest BCUT2D eigenvalue weighted by atomic mass is 9.86. The second-order valence-corrected chi connectivity index (χ2v) is 7.24. The summed E-state index contributed by atoms with van der Waals surface area (Å²) >= 11 is 0. The van der Waals surface area contributed by atoms with Crippen LogP contribution in [0.15, 0.2) is 36.5 Å². The van der Waals surface area contributed by atoms with Gasteiger partial charge in [-0.05, 0) is 41.7 Å². The van der Waals surface area contributed by atoms with Crippen molar-refractivity contribution in [3.8, 4) is 0 Å². The predicted octanol–water partition coefficient (Wildman–Crippen LogP) is 3.94. The van der Waals surface area contributed by atoms with E-state index < -0.39 is 23.9 Å². The van der Waals surface area contributed by atoms with Gasteiger partial charge in [0.05, 0.1) is 5.56 Å². The molecular formula is C19H23F3N2O3. The molecule has 2 aromatic rings. The van der Waals surface area contributed by atoms with Crippen molar-refractivity contribution in [1.29, 1.82) is 0 Å². The SMILES string of the molecule is CC(C)(C)c1cc[nH]c1CCC(O)ONC(=O)c1cccc(C(F)(F)F)c1. The van der Waals surface area contributed by atoms with Crippen LogP contribution in [-0.2, 0) is 22.8 Å². The number of aryl methyl sites for hydroxylation is 1. The number of rotatable bonds is 6. The van der Waals surface area contributed by atoms with Gasteiger partial charge >= 0.3 is 6.18 Å². The summed E-state index contributed by atoms with van der Waals surface area (Å²) in [6.45, 7) is 6.21. The summed E-state index contributed by atoms with van der Waals surface area (Å²) in [5.41, 5.74) is 2.85. The Balaban J connectivity index is 1.88. The molecule has 0 fully saturated rings. The molecule has 1 aromatic carbocycles. The summed E-state index contributed by atoms with van der Waals surface area (Å²) in [5.74, 6) is -0.865. The molecule has 0 saturated carbocycles. The molecule has 1 aromatic heterocycles. The van der Waals surface area contributed by atoms with Crippen LogP contribution >= 0.6 is 0 Å². The average Bonchev–Trinajstić information content (AvgIpc) is 3.06. The number of hydrogen-bond donors (Lipinski definition) is 3. The monoisotopic (exact) mass is 384 g/mol.